The van der Waals surface area contributed by atoms with Crippen LogP contribution in [0.15, 0.2) is 64.0 Å². The van der Waals surface area contributed by atoms with Crippen molar-refractivity contribution in [3.8, 4) is 5.75 Å². The monoisotopic (exact) mass is 491 g/mol. The molecule has 1 N–H and O–H groups in total. The number of aryl methyl sites for hydroxylation is 1. The summed E-state index contributed by atoms with van der Waals surface area (Å²) in [7, 11) is 1.44. The summed E-state index contributed by atoms with van der Waals surface area (Å²) in [6.07, 6.45) is 5.11. The van der Waals surface area contributed by atoms with E-state index in [1.807, 2.05) is 25.1 Å². The number of methoxy groups -OCH3 is 1. The third-order valence-corrected chi connectivity index (χ3v) is 6.66. The molecule has 0 radical (unpaired) electrons. The van der Waals surface area contributed by atoms with Crippen molar-refractivity contribution in [1.29, 1.82) is 0 Å². The zero-order chi connectivity index (χ0) is 25.5. The van der Waals surface area contributed by atoms with Gasteiger partial charge in [-0.2, -0.15) is 0 Å². The largest absolute Gasteiger partial charge is 0.496 e. The minimum absolute atomic E-state index is 0.0772. The molecular weight excluding hydrogens is 458 g/mol. The van der Waals surface area contributed by atoms with E-state index in [4.69, 9.17) is 9.15 Å². The highest BCUT2D eigenvalue weighted by Crippen LogP contribution is 2.24. The number of furan rings is 1. The maximum atomic E-state index is 13.3. The lowest BCUT2D eigenvalue weighted by molar-refractivity contribution is -0.131. The molecule has 3 heterocycles. The zero-order valence-corrected chi connectivity index (χ0v) is 20.9. The van der Waals surface area contributed by atoms with Crippen LogP contribution in [0, 0.1) is 0 Å². The Morgan fingerprint density at radius 1 is 1.08 bits per heavy atom. The molecular formula is C28H33N3O5. The van der Waals surface area contributed by atoms with Crippen molar-refractivity contribution in [3.63, 3.8) is 0 Å². The lowest BCUT2D eigenvalue weighted by Crippen LogP contribution is -2.34. The Labute approximate surface area is 210 Å². The summed E-state index contributed by atoms with van der Waals surface area (Å²) in [6.45, 7) is 3.04. The van der Waals surface area contributed by atoms with Crippen molar-refractivity contribution in [1.82, 2.24) is 14.8 Å². The van der Waals surface area contributed by atoms with Gasteiger partial charge in [0.15, 0.2) is 0 Å². The van der Waals surface area contributed by atoms with Crippen LogP contribution in [0.4, 0.5) is 0 Å². The number of carbonyl (C=O) groups is 2. The van der Waals surface area contributed by atoms with E-state index in [1.54, 1.807) is 27.9 Å². The van der Waals surface area contributed by atoms with Crippen LogP contribution in [-0.2, 0) is 24.2 Å². The van der Waals surface area contributed by atoms with Gasteiger partial charge in [-0.25, -0.2) is 0 Å². The van der Waals surface area contributed by atoms with Crippen molar-refractivity contribution in [2.45, 2.75) is 51.6 Å². The average molecular weight is 492 g/mol. The van der Waals surface area contributed by atoms with Gasteiger partial charge in [-0.15, -0.1) is 0 Å². The minimum atomic E-state index is -0.357. The number of carbonyl (C=O) groups excluding carboxylic acids is 2. The number of hydrogen-bond acceptors (Lipinski definition) is 5. The summed E-state index contributed by atoms with van der Waals surface area (Å²) in [5.41, 5.74) is 1.95. The Morgan fingerprint density at radius 3 is 2.61 bits per heavy atom. The van der Waals surface area contributed by atoms with E-state index in [1.165, 1.54) is 18.7 Å². The first kappa shape index (κ1) is 25.3. The fourth-order valence-corrected chi connectivity index (χ4v) is 4.69. The smallest absolute Gasteiger partial charge is 0.257 e. The Balaban J connectivity index is 1.43. The normalized spacial score (nSPS) is 14.0. The summed E-state index contributed by atoms with van der Waals surface area (Å²) < 4.78 is 12.4. The molecule has 3 aromatic rings. The van der Waals surface area contributed by atoms with Crippen molar-refractivity contribution in [2.75, 3.05) is 20.2 Å². The van der Waals surface area contributed by atoms with Crippen LogP contribution in [0.2, 0.25) is 0 Å². The Hall–Kier alpha value is -3.81. The first-order chi connectivity index (χ1) is 17.5. The highest BCUT2D eigenvalue weighted by Gasteiger charge is 2.27. The van der Waals surface area contributed by atoms with Gasteiger partial charge in [0.2, 0.25) is 5.91 Å². The Morgan fingerprint density at radius 2 is 1.89 bits per heavy atom. The molecule has 0 fully saturated rings. The number of unbranched alkanes of at least 4 members (excludes halogenated alkanes) is 1. The number of nitrogens with one attached hydrogen (secondary N) is 1. The van der Waals surface area contributed by atoms with Crippen molar-refractivity contribution >= 4 is 11.8 Å². The maximum Gasteiger partial charge on any atom is 0.257 e. The number of pyridine rings is 1. The molecule has 0 bridgehead atoms. The third-order valence-electron chi connectivity index (χ3n) is 6.66. The van der Waals surface area contributed by atoms with E-state index in [0.29, 0.717) is 49.5 Å². The zero-order valence-electron chi connectivity index (χ0n) is 20.9. The van der Waals surface area contributed by atoms with Crippen LogP contribution in [-0.4, -0.2) is 41.5 Å². The van der Waals surface area contributed by atoms with Gasteiger partial charge in [0, 0.05) is 44.2 Å². The molecule has 4 rings (SSSR count). The number of amides is 2. The number of aromatic nitrogens is 1. The first-order valence-electron chi connectivity index (χ1n) is 12.4. The van der Waals surface area contributed by atoms with Gasteiger partial charge in [-0.1, -0.05) is 30.3 Å². The molecule has 8 nitrogen and oxygen atoms in total. The van der Waals surface area contributed by atoms with Gasteiger partial charge in [0.25, 0.3) is 11.5 Å². The number of hydrogen-bond donors (Lipinski definition) is 1. The topological polar surface area (TPSA) is 93.8 Å². The fraction of sp³-hybridized carbons (Fsp3) is 0.393. The van der Waals surface area contributed by atoms with Gasteiger partial charge >= 0.3 is 0 Å². The van der Waals surface area contributed by atoms with E-state index in [0.717, 1.165) is 19.3 Å². The highest BCUT2D eigenvalue weighted by molar-refractivity contribution is 5.98. The van der Waals surface area contributed by atoms with E-state index in [-0.39, 0.29) is 29.2 Å². The number of nitrogens with zero attached hydrogens (tertiary/aromatic N) is 2. The lowest BCUT2D eigenvalue weighted by Gasteiger charge is -2.20. The lowest BCUT2D eigenvalue weighted by atomic mass is 10.1. The van der Waals surface area contributed by atoms with Crippen LogP contribution in [0.3, 0.4) is 0 Å². The number of ether oxygens (including phenoxy) is 1. The fourth-order valence-electron chi connectivity index (χ4n) is 4.69. The van der Waals surface area contributed by atoms with Crippen molar-refractivity contribution < 1.29 is 18.7 Å². The van der Waals surface area contributed by atoms with Gasteiger partial charge in [-0.3, -0.25) is 14.4 Å². The summed E-state index contributed by atoms with van der Waals surface area (Å²) in [5, 5.41) is 2.94. The van der Waals surface area contributed by atoms with Crippen molar-refractivity contribution in [3.05, 3.63) is 87.7 Å². The van der Waals surface area contributed by atoms with E-state index < -0.39 is 0 Å². The first-order valence-corrected chi connectivity index (χ1v) is 12.4. The Bertz CT molecular complexity index is 1230. The van der Waals surface area contributed by atoms with Gasteiger partial charge in [0.05, 0.1) is 19.4 Å². The standard InChI is InChI=1S/C28H33N3O5/c1-20(23-12-8-18-36-23)29-28(34)27-22-14-15-30(16-17-31(22)26(33)19-24(27)35-2)25(32)13-7-6-11-21-9-4-3-5-10-21/h3-5,8-10,12,18-20H,6-7,11,13-17H2,1-2H3,(H,29,34)/t20-/m1/s1. The predicted molar refractivity (Wildman–Crippen MR) is 136 cm³/mol. The maximum absolute atomic E-state index is 13.3. The summed E-state index contributed by atoms with van der Waals surface area (Å²) >= 11 is 0. The van der Waals surface area contributed by atoms with Crippen LogP contribution < -0.4 is 15.6 Å². The number of rotatable bonds is 9. The Kier molecular flexibility index (Phi) is 8.25. The second kappa shape index (κ2) is 11.7. The van der Waals surface area contributed by atoms with Gasteiger partial charge in [0.1, 0.15) is 17.1 Å². The van der Waals surface area contributed by atoms with Crippen molar-refractivity contribution in [2.24, 2.45) is 0 Å². The quantitative estimate of drug-likeness (QED) is 0.460. The minimum Gasteiger partial charge on any atom is -0.496 e. The highest BCUT2D eigenvalue weighted by atomic mass is 16.5. The second-order valence-corrected chi connectivity index (χ2v) is 9.06. The van der Waals surface area contributed by atoms with Gasteiger partial charge < -0.3 is 23.9 Å². The van der Waals surface area contributed by atoms with Crippen LogP contribution in [0.25, 0.3) is 0 Å². The molecule has 2 amide bonds. The van der Waals surface area contributed by atoms with Crippen LogP contribution in [0.1, 0.15) is 59.6 Å². The molecule has 0 spiro atoms. The third kappa shape index (κ3) is 5.87. The molecule has 0 aliphatic carbocycles. The van der Waals surface area contributed by atoms with E-state index in [2.05, 4.69) is 17.4 Å². The molecule has 190 valence electrons. The molecule has 0 saturated heterocycles. The summed E-state index contributed by atoms with van der Waals surface area (Å²) in [5.74, 6) is 0.593. The molecule has 0 saturated carbocycles. The van der Waals surface area contributed by atoms with E-state index >= 15 is 0 Å². The molecule has 2 aromatic heterocycles. The summed E-state index contributed by atoms with van der Waals surface area (Å²) in [4.78, 5) is 40.9. The molecule has 1 aromatic carbocycles. The molecule has 1 aliphatic heterocycles. The molecule has 1 aliphatic rings. The molecule has 0 unspecified atom stereocenters. The molecule has 36 heavy (non-hydrogen) atoms. The SMILES string of the molecule is COc1cc(=O)n2c(c1C(=O)N[C@H](C)c1ccco1)CCN(C(=O)CCCCc1ccccc1)CC2. The van der Waals surface area contributed by atoms with Crippen LogP contribution in [0.5, 0.6) is 5.75 Å². The average Bonchev–Trinajstić information content (AvgIpc) is 3.34. The number of benzene rings is 1. The molecule has 8 heteroatoms. The van der Waals surface area contributed by atoms with Crippen LogP contribution >= 0.6 is 0 Å². The van der Waals surface area contributed by atoms with Gasteiger partial charge in [-0.05, 0) is 43.9 Å². The predicted octanol–water partition coefficient (Wildman–Crippen LogP) is 3.74. The molecule has 1 atom stereocenters. The number of fused-ring (bicyclic) bond motifs is 1. The second-order valence-electron chi connectivity index (χ2n) is 9.06. The van der Waals surface area contributed by atoms with E-state index in [9.17, 15) is 14.4 Å². The summed E-state index contributed by atoms with van der Waals surface area (Å²) in [6, 6.07) is 14.8.